The first-order valence-electron chi connectivity index (χ1n) is 5.80. The second kappa shape index (κ2) is 5.51. The summed E-state index contributed by atoms with van der Waals surface area (Å²) in [5, 5.41) is 6.46. The molecule has 20 heavy (non-hydrogen) atoms. The van der Waals surface area contributed by atoms with Crippen LogP contribution in [0.5, 0.6) is 0 Å². The van der Waals surface area contributed by atoms with Crippen LogP contribution in [-0.4, -0.2) is 29.8 Å². The van der Waals surface area contributed by atoms with Gasteiger partial charge < -0.3 is 4.84 Å². The summed E-state index contributed by atoms with van der Waals surface area (Å²) >= 11 is 8.73. The predicted molar refractivity (Wildman–Crippen MR) is 80.9 cm³/mol. The molecule has 0 N–H and O–H groups in total. The van der Waals surface area contributed by atoms with Gasteiger partial charge in [0.2, 0.25) is 6.10 Å². The van der Waals surface area contributed by atoms with E-state index in [9.17, 15) is 4.79 Å². The highest BCUT2D eigenvalue weighted by Crippen LogP contribution is 2.27. The molecule has 0 spiro atoms. The van der Waals surface area contributed by atoms with Crippen molar-refractivity contribution in [3.8, 4) is 0 Å². The van der Waals surface area contributed by atoms with Crippen molar-refractivity contribution in [1.29, 1.82) is 0 Å². The Morgan fingerprint density at radius 2 is 2.40 bits per heavy atom. The van der Waals surface area contributed by atoms with Gasteiger partial charge in [0.15, 0.2) is 5.13 Å². The number of carbonyl (C=O) groups is 1. The van der Waals surface area contributed by atoms with Crippen LogP contribution in [0.4, 0.5) is 5.13 Å². The molecule has 0 radical (unpaired) electrons. The SMILES string of the molecule is CN(C(=O)[C@@H]1CC(c2ccc(Cl)s2)=NO1)c1nccs1. The molecule has 2 aromatic rings. The lowest BCUT2D eigenvalue weighted by molar-refractivity contribution is -0.128. The van der Waals surface area contributed by atoms with Crippen molar-refractivity contribution in [3.63, 3.8) is 0 Å². The van der Waals surface area contributed by atoms with Crippen LogP contribution in [0.25, 0.3) is 0 Å². The summed E-state index contributed by atoms with van der Waals surface area (Å²) in [6.45, 7) is 0. The molecule has 1 atom stereocenters. The number of thiophene rings is 1. The number of aromatic nitrogens is 1. The van der Waals surface area contributed by atoms with E-state index in [2.05, 4.69) is 10.1 Å². The smallest absolute Gasteiger partial charge is 0.272 e. The first kappa shape index (κ1) is 13.5. The fraction of sp³-hybridized carbons (Fsp3) is 0.250. The highest BCUT2D eigenvalue weighted by molar-refractivity contribution is 7.18. The molecule has 8 heteroatoms. The molecule has 0 fully saturated rings. The van der Waals surface area contributed by atoms with Crippen LogP contribution in [-0.2, 0) is 9.63 Å². The summed E-state index contributed by atoms with van der Waals surface area (Å²) in [6, 6.07) is 3.69. The third-order valence-corrected chi connectivity index (χ3v) is 4.97. The third-order valence-electron chi connectivity index (χ3n) is 2.84. The zero-order valence-electron chi connectivity index (χ0n) is 10.4. The van der Waals surface area contributed by atoms with E-state index in [0.29, 0.717) is 15.9 Å². The summed E-state index contributed by atoms with van der Waals surface area (Å²) in [5.74, 6) is -0.152. The van der Waals surface area contributed by atoms with Crippen molar-refractivity contribution in [3.05, 3.63) is 32.9 Å². The summed E-state index contributed by atoms with van der Waals surface area (Å²) in [6.07, 6.45) is 1.51. The molecule has 0 aliphatic carbocycles. The summed E-state index contributed by atoms with van der Waals surface area (Å²) < 4.78 is 0.692. The van der Waals surface area contributed by atoms with E-state index >= 15 is 0 Å². The maximum Gasteiger partial charge on any atom is 0.272 e. The van der Waals surface area contributed by atoms with Crippen molar-refractivity contribution in [2.45, 2.75) is 12.5 Å². The lowest BCUT2D eigenvalue weighted by Crippen LogP contribution is -2.36. The van der Waals surface area contributed by atoms with Crippen LogP contribution in [0.1, 0.15) is 11.3 Å². The van der Waals surface area contributed by atoms with Crippen LogP contribution < -0.4 is 4.90 Å². The number of anilines is 1. The van der Waals surface area contributed by atoms with E-state index in [1.54, 1.807) is 19.3 Å². The Labute approximate surface area is 128 Å². The molecule has 0 aromatic carbocycles. The largest absolute Gasteiger partial charge is 0.382 e. The van der Waals surface area contributed by atoms with Crippen molar-refractivity contribution in [1.82, 2.24) is 4.98 Å². The van der Waals surface area contributed by atoms with Gasteiger partial charge in [-0.25, -0.2) is 4.98 Å². The average Bonchev–Trinajstić information content (AvgIpc) is 3.17. The van der Waals surface area contributed by atoms with E-state index in [1.165, 1.54) is 27.6 Å². The molecule has 0 saturated heterocycles. The molecule has 0 unspecified atom stereocenters. The van der Waals surface area contributed by atoms with Crippen LogP contribution in [0.2, 0.25) is 4.34 Å². The number of carbonyl (C=O) groups excluding carboxylic acids is 1. The predicted octanol–water partition coefficient (Wildman–Crippen LogP) is 3.01. The van der Waals surface area contributed by atoms with Gasteiger partial charge in [-0.2, -0.15) is 0 Å². The number of rotatable bonds is 3. The van der Waals surface area contributed by atoms with Crippen molar-refractivity contribution in [2.75, 3.05) is 11.9 Å². The van der Waals surface area contributed by atoms with Crippen molar-refractivity contribution in [2.24, 2.45) is 5.16 Å². The summed E-state index contributed by atoms with van der Waals surface area (Å²) in [4.78, 5) is 24.1. The van der Waals surface area contributed by atoms with Gasteiger partial charge in [-0.05, 0) is 12.1 Å². The molecule has 0 saturated carbocycles. The molecule has 1 aliphatic rings. The van der Waals surface area contributed by atoms with Gasteiger partial charge in [0.1, 0.15) is 5.71 Å². The minimum Gasteiger partial charge on any atom is -0.382 e. The van der Waals surface area contributed by atoms with Crippen LogP contribution in [0.3, 0.4) is 0 Å². The molecule has 2 aromatic heterocycles. The van der Waals surface area contributed by atoms with Gasteiger partial charge in [-0.15, -0.1) is 22.7 Å². The van der Waals surface area contributed by atoms with Gasteiger partial charge in [-0.1, -0.05) is 16.8 Å². The summed E-state index contributed by atoms with van der Waals surface area (Å²) in [7, 11) is 1.69. The lowest BCUT2D eigenvalue weighted by atomic mass is 10.1. The van der Waals surface area contributed by atoms with E-state index < -0.39 is 6.10 Å². The molecule has 1 aliphatic heterocycles. The number of thiazole rings is 1. The number of nitrogens with zero attached hydrogens (tertiary/aromatic N) is 3. The van der Waals surface area contributed by atoms with E-state index in [-0.39, 0.29) is 5.91 Å². The van der Waals surface area contributed by atoms with Gasteiger partial charge in [0.25, 0.3) is 5.91 Å². The molecule has 1 amide bonds. The minimum atomic E-state index is -0.597. The van der Waals surface area contributed by atoms with Crippen molar-refractivity contribution >= 4 is 51.0 Å². The van der Waals surface area contributed by atoms with Crippen LogP contribution in [0.15, 0.2) is 28.9 Å². The van der Waals surface area contributed by atoms with Crippen LogP contribution in [0, 0.1) is 0 Å². The maximum atomic E-state index is 12.3. The number of amides is 1. The number of hydrogen-bond acceptors (Lipinski definition) is 6. The van der Waals surface area contributed by atoms with E-state index in [0.717, 1.165) is 10.6 Å². The summed E-state index contributed by atoms with van der Waals surface area (Å²) in [5.41, 5.74) is 0.757. The second-order valence-electron chi connectivity index (χ2n) is 4.15. The first-order chi connectivity index (χ1) is 9.65. The molecule has 0 bridgehead atoms. The Morgan fingerprint density at radius 3 is 3.05 bits per heavy atom. The monoisotopic (exact) mass is 327 g/mol. The Hall–Kier alpha value is -1.44. The highest BCUT2D eigenvalue weighted by Gasteiger charge is 2.32. The minimum absolute atomic E-state index is 0.152. The molecule has 104 valence electrons. The standard InChI is InChI=1S/C12H10ClN3O2S2/c1-16(12-14-4-5-19-12)11(17)8-6-7(15-18-8)9-2-3-10(13)20-9/h2-5,8H,6H2,1H3/t8-/m0/s1. The Balaban J connectivity index is 1.68. The van der Waals surface area contributed by atoms with Gasteiger partial charge >= 0.3 is 0 Å². The van der Waals surface area contributed by atoms with Crippen molar-refractivity contribution < 1.29 is 9.63 Å². The fourth-order valence-corrected chi connectivity index (χ4v) is 3.46. The molecular weight excluding hydrogens is 318 g/mol. The third kappa shape index (κ3) is 2.56. The maximum absolute atomic E-state index is 12.3. The molecule has 5 nitrogen and oxygen atoms in total. The normalized spacial score (nSPS) is 17.7. The Kier molecular flexibility index (Phi) is 3.73. The molecule has 3 rings (SSSR count). The molecular formula is C12H10ClN3O2S2. The van der Waals surface area contributed by atoms with E-state index in [4.69, 9.17) is 16.4 Å². The fourth-order valence-electron chi connectivity index (χ4n) is 1.82. The zero-order valence-corrected chi connectivity index (χ0v) is 12.8. The second-order valence-corrected chi connectivity index (χ2v) is 6.74. The first-order valence-corrected chi connectivity index (χ1v) is 7.88. The van der Waals surface area contributed by atoms with E-state index in [1.807, 2.05) is 11.4 Å². The topological polar surface area (TPSA) is 54.8 Å². The number of likely N-dealkylation sites (N-methyl/N-ethyl adjacent to an activating group) is 1. The Morgan fingerprint density at radius 1 is 1.55 bits per heavy atom. The van der Waals surface area contributed by atoms with Gasteiger partial charge in [0.05, 0.1) is 9.21 Å². The average molecular weight is 328 g/mol. The lowest BCUT2D eigenvalue weighted by Gasteiger charge is -2.16. The van der Waals surface area contributed by atoms with Gasteiger partial charge in [-0.3, -0.25) is 9.69 Å². The molecule has 3 heterocycles. The zero-order chi connectivity index (χ0) is 14.1. The highest BCUT2D eigenvalue weighted by atomic mass is 35.5. The van der Waals surface area contributed by atoms with Gasteiger partial charge in [0, 0.05) is 25.0 Å². The quantitative estimate of drug-likeness (QED) is 0.870. The van der Waals surface area contributed by atoms with Crippen LogP contribution >= 0.6 is 34.3 Å². The number of hydrogen-bond donors (Lipinski definition) is 0. The Bertz CT molecular complexity index is 653. The number of oxime groups is 1. The number of halogens is 1.